The zero-order valence-electron chi connectivity index (χ0n) is 15.7. The van der Waals surface area contributed by atoms with E-state index in [4.69, 9.17) is 9.26 Å². The highest BCUT2D eigenvalue weighted by molar-refractivity contribution is 7.91. The van der Waals surface area contributed by atoms with Gasteiger partial charge in [-0.1, -0.05) is 29.4 Å². The van der Waals surface area contributed by atoms with Crippen LogP contribution in [0.3, 0.4) is 0 Å². The monoisotopic (exact) mass is 445 g/mol. The van der Waals surface area contributed by atoms with E-state index in [2.05, 4.69) is 14.9 Å². The number of nitrogens with one attached hydrogen (secondary N) is 1. The van der Waals surface area contributed by atoms with Crippen LogP contribution in [0.2, 0.25) is 0 Å². The van der Waals surface area contributed by atoms with Crippen molar-refractivity contribution in [3.05, 3.63) is 71.4 Å². The highest BCUT2D eigenvalue weighted by Gasteiger charge is 2.20. The first-order valence-corrected chi connectivity index (χ1v) is 11.1. The van der Waals surface area contributed by atoms with E-state index < -0.39 is 15.8 Å². The van der Waals surface area contributed by atoms with Crippen LogP contribution in [0.15, 0.2) is 68.7 Å². The van der Waals surface area contributed by atoms with Crippen molar-refractivity contribution in [3.63, 3.8) is 0 Å². The molecule has 0 aliphatic carbocycles. The molecule has 7 nitrogen and oxygen atoms in total. The average molecular weight is 445 g/mol. The molecule has 0 atom stereocenters. The van der Waals surface area contributed by atoms with Crippen LogP contribution in [-0.2, 0) is 16.6 Å². The molecular formula is C20H16FN3O4S2. The molecule has 0 aliphatic heterocycles. The molecule has 4 aromatic rings. The van der Waals surface area contributed by atoms with Gasteiger partial charge in [0.15, 0.2) is 0 Å². The number of thiophene rings is 1. The number of aromatic nitrogens is 2. The highest BCUT2D eigenvalue weighted by Crippen LogP contribution is 2.29. The first-order chi connectivity index (χ1) is 14.4. The number of hydrogen-bond donors (Lipinski definition) is 1. The van der Waals surface area contributed by atoms with Gasteiger partial charge in [0.1, 0.15) is 15.8 Å². The number of benzene rings is 2. The van der Waals surface area contributed by atoms with Gasteiger partial charge in [-0.2, -0.15) is 4.98 Å². The zero-order valence-corrected chi connectivity index (χ0v) is 17.3. The Morgan fingerprint density at radius 3 is 2.77 bits per heavy atom. The maximum atomic E-state index is 13.4. The quantitative estimate of drug-likeness (QED) is 0.460. The van der Waals surface area contributed by atoms with E-state index in [0.717, 1.165) is 16.9 Å². The van der Waals surface area contributed by atoms with E-state index in [0.29, 0.717) is 16.9 Å². The zero-order chi connectivity index (χ0) is 21.1. The second-order valence-electron chi connectivity index (χ2n) is 6.26. The van der Waals surface area contributed by atoms with Crippen LogP contribution in [0.1, 0.15) is 5.56 Å². The number of nitrogens with zero attached hydrogens (tertiary/aromatic N) is 2. The molecule has 0 saturated heterocycles. The summed E-state index contributed by atoms with van der Waals surface area (Å²) in [5.41, 5.74) is 1.70. The van der Waals surface area contributed by atoms with Gasteiger partial charge in [0, 0.05) is 17.5 Å². The van der Waals surface area contributed by atoms with Crippen molar-refractivity contribution >= 4 is 21.4 Å². The van der Waals surface area contributed by atoms with Gasteiger partial charge in [-0.15, -0.1) is 11.3 Å². The van der Waals surface area contributed by atoms with Crippen LogP contribution in [0.4, 0.5) is 4.39 Å². The Morgan fingerprint density at radius 1 is 1.13 bits per heavy atom. The van der Waals surface area contributed by atoms with Gasteiger partial charge in [-0.25, -0.2) is 17.5 Å². The molecular weight excluding hydrogens is 429 g/mol. The lowest BCUT2D eigenvalue weighted by molar-refractivity contribution is 0.414. The lowest BCUT2D eigenvalue weighted by Crippen LogP contribution is -2.22. The predicted octanol–water partition coefficient (Wildman–Crippen LogP) is 4.09. The molecule has 0 aliphatic rings. The van der Waals surface area contributed by atoms with E-state index in [1.165, 1.54) is 18.2 Å². The van der Waals surface area contributed by atoms with E-state index >= 15 is 0 Å². The van der Waals surface area contributed by atoms with Crippen molar-refractivity contribution in [2.75, 3.05) is 7.11 Å². The molecule has 4 rings (SSSR count). The minimum atomic E-state index is -3.73. The first kappa shape index (κ1) is 20.2. The molecule has 10 heteroatoms. The van der Waals surface area contributed by atoms with Gasteiger partial charge < -0.3 is 9.26 Å². The Hall–Kier alpha value is -3.08. The van der Waals surface area contributed by atoms with Crippen molar-refractivity contribution in [2.45, 2.75) is 10.8 Å². The van der Waals surface area contributed by atoms with Gasteiger partial charge >= 0.3 is 0 Å². The second-order valence-corrected chi connectivity index (χ2v) is 9.17. The molecule has 0 radical (unpaired) electrons. The molecule has 0 unspecified atom stereocenters. The third kappa shape index (κ3) is 4.40. The number of rotatable bonds is 7. The Balaban J connectivity index is 1.50. The number of sulfonamides is 1. The average Bonchev–Trinajstić information content (AvgIpc) is 3.42. The molecule has 0 spiro atoms. The van der Waals surface area contributed by atoms with Crippen molar-refractivity contribution in [1.29, 1.82) is 0 Å². The second kappa shape index (κ2) is 8.34. The van der Waals surface area contributed by atoms with Crippen LogP contribution in [-0.4, -0.2) is 25.7 Å². The lowest BCUT2D eigenvalue weighted by Gasteiger charge is -2.06. The van der Waals surface area contributed by atoms with E-state index in [-0.39, 0.29) is 22.5 Å². The van der Waals surface area contributed by atoms with Gasteiger partial charge in [-0.05, 0) is 35.9 Å². The number of methoxy groups -OCH3 is 1. The van der Waals surface area contributed by atoms with E-state index in [9.17, 15) is 12.8 Å². The summed E-state index contributed by atoms with van der Waals surface area (Å²) in [6.45, 7) is 0.122. The third-order valence-corrected chi connectivity index (χ3v) is 7.04. The van der Waals surface area contributed by atoms with Gasteiger partial charge in [0.25, 0.3) is 5.89 Å². The molecule has 0 saturated carbocycles. The summed E-state index contributed by atoms with van der Waals surface area (Å²) in [5, 5.41) is 5.46. The number of hydrogen-bond acceptors (Lipinski definition) is 7. The van der Waals surface area contributed by atoms with Gasteiger partial charge in [-0.3, -0.25) is 0 Å². The minimum Gasteiger partial charge on any atom is -0.497 e. The molecule has 0 amide bonds. The molecule has 1 N–H and O–H groups in total. The predicted molar refractivity (Wildman–Crippen MR) is 110 cm³/mol. The summed E-state index contributed by atoms with van der Waals surface area (Å²) in [7, 11) is -2.18. The summed E-state index contributed by atoms with van der Waals surface area (Å²) in [4.78, 5) is 4.23. The summed E-state index contributed by atoms with van der Waals surface area (Å²) in [5.74, 6) is 0.608. The number of halogens is 1. The standard InChI is InChI=1S/C20H16FN3O4S2/c1-27-17-7-2-4-13(8-17)11-22-30(25,26)18-10-15(12-29-18)20-23-19(24-28-20)14-5-3-6-16(21)9-14/h2-10,12,22H,11H2,1H3. The van der Waals surface area contributed by atoms with Crippen LogP contribution in [0.5, 0.6) is 5.75 Å². The summed E-state index contributed by atoms with van der Waals surface area (Å²) in [6.07, 6.45) is 0. The molecule has 2 aromatic heterocycles. The molecule has 30 heavy (non-hydrogen) atoms. The smallest absolute Gasteiger partial charge is 0.259 e. The fourth-order valence-electron chi connectivity index (χ4n) is 2.69. The normalized spacial score (nSPS) is 11.5. The van der Waals surface area contributed by atoms with Crippen molar-refractivity contribution < 1.29 is 22.1 Å². The Morgan fingerprint density at radius 2 is 1.97 bits per heavy atom. The topological polar surface area (TPSA) is 94.3 Å². The van der Waals surface area contributed by atoms with Crippen LogP contribution in [0, 0.1) is 5.82 Å². The lowest BCUT2D eigenvalue weighted by atomic mass is 10.2. The van der Waals surface area contributed by atoms with Crippen molar-refractivity contribution in [1.82, 2.24) is 14.9 Å². The third-order valence-electron chi connectivity index (χ3n) is 4.20. The van der Waals surface area contributed by atoms with Crippen LogP contribution in [0.25, 0.3) is 22.8 Å². The highest BCUT2D eigenvalue weighted by atomic mass is 32.2. The summed E-state index contributed by atoms with van der Waals surface area (Å²) >= 11 is 1.04. The fraction of sp³-hybridized carbons (Fsp3) is 0.100. The minimum absolute atomic E-state index is 0.117. The van der Waals surface area contributed by atoms with Gasteiger partial charge in [0.05, 0.1) is 12.7 Å². The summed E-state index contributed by atoms with van der Waals surface area (Å²) in [6, 6.07) is 14.4. The SMILES string of the molecule is COc1cccc(CNS(=O)(=O)c2cc(-c3nc(-c4cccc(F)c4)no3)cs2)c1. The maximum absolute atomic E-state index is 13.4. The van der Waals surface area contributed by atoms with Crippen LogP contribution >= 0.6 is 11.3 Å². The molecule has 154 valence electrons. The largest absolute Gasteiger partial charge is 0.497 e. The van der Waals surface area contributed by atoms with E-state index in [1.807, 2.05) is 0 Å². The Labute approximate surface area is 176 Å². The number of ether oxygens (including phenoxy) is 1. The van der Waals surface area contributed by atoms with Crippen molar-refractivity contribution in [3.8, 4) is 28.6 Å². The molecule has 2 heterocycles. The van der Waals surface area contributed by atoms with E-state index in [1.54, 1.807) is 48.9 Å². The molecule has 0 bridgehead atoms. The van der Waals surface area contributed by atoms with Crippen molar-refractivity contribution in [2.24, 2.45) is 0 Å². The Bertz CT molecular complexity index is 1280. The molecule has 2 aromatic carbocycles. The summed E-state index contributed by atoms with van der Waals surface area (Å²) < 4.78 is 51.7. The first-order valence-electron chi connectivity index (χ1n) is 8.76. The fourth-order valence-corrected chi connectivity index (χ4v) is 4.90. The van der Waals surface area contributed by atoms with Gasteiger partial charge in [0.2, 0.25) is 15.8 Å². The maximum Gasteiger partial charge on any atom is 0.259 e. The molecule has 0 fully saturated rings. The Kier molecular flexibility index (Phi) is 5.62. The van der Waals surface area contributed by atoms with Crippen LogP contribution < -0.4 is 9.46 Å².